The second-order valence-electron chi connectivity index (χ2n) is 5.50. The Labute approximate surface area is 147 Å². The van der Waals surface area contributed by atoms with E-state index in [1.807, 2.05) is 0 Å². The zero-order chi connectivity index (χ0) is 19.3. The van der Waals surface area contributed by atoms with E-state index in [2.05, 4.69) is 4.89 Å². The summed E-state index contributed by atoms with van der Waals surface area (Å²) in [7, 11) is 0. The highest BCUT2D eigenvalue weighted by molar-refractivity contribution is 5.94. The minimum atomic E-state index is -1.48. The van der Waals surface area contributed by atoms with E-state index in [1.54, 1.807) is 30.3 Å². The normalized spacial score (nSPS) is 10.2. The van der Waals surface area contributed by atoms with Crippen LogP contribution in [-0.2, 0) is 27.3 Å². The monoisotopic (exact) mass is 360 g/mol. The van der Waals surface area contributed by atoms with Crippen molar-refractivity contribution < 1.29 is 33.7 Å². The first-order valence-electron chi connectivity index (χ1n) is 7.60. The SMILES string of the molecule is CC(=O)Cc1oc(=O)c(Cc2ccccc2)c(OOC(C)=O)c1C(=O)O. The predicted octanol–water partition coefficient (Wildman–Crippen LogP) is 1.92. The molecular formula is C18H16O8. The molecule has 8 nitrogen and oxygen atoms in total. The van der Waals surface area contributed by atoms with Gasteiger partial charge in [-0.2, -0.15) is 0 Å². The van der Waals surface area contributed by atoms with Gasteiger partial charge < -0.3 is 9.52 Å². The Kier molecular flexibility index (Phi) is 5.90. The van der Waals surface area contributed by atoms with Crippen LogP contribution in [0.25, 0.3) is 0 Å². The molecule has 2 aromatic rings. The van der Waals surface area contributed by atoms with Crippen LogP contribution in [0, 0.1) is 0 Å². The van der Waals surface area contributed by atoms with Gasteiger partial charge in [0.25, 0.3) is 0 Å². The summed E-state index contributed by atoms with van der Waals surface area (Å²) in [4.78, 5) is 55.8. The zero-order valence-corrected chi connectivity index (χ0v) is 14.1. The largest absolute Gasteiger partial charge is 0.477 e. The van der Waals surface area contributed by atoms with E-state index >= 15 is 0 Å². The average molecular weight is 360 g/mol. The van der Waals surface area contributed by atoms with Crippen molar-refractivity contribution in [3.63, 3.8) is 0 Å². The third-order valence-electron chi connectivity index (χ3n) is 3.33. The van der Waals surface area contributed by atoms with Crippen LogP contribution in [0.3, 0.4) is 0 Å². The van der Waals surface area contributed by atoms with Crippen molar-refractivity contribution in [2.45, 2.75) is 26.7 Å². The number of hydrogen-bond donors (Lipinski definition) is 1. The molecule has 1 aromatic heterocycles. The molecule has 136 valence electrons. The molecule has 1 heterocycles. The van der Waals surface area contributed by atoms with Gasteiger partial charge in [0.1, 0.15) is 17.1 Å². The van der Waals surface area contributed by atoms with Crippen LogP contribution in [0.15, 0.2) is 39.5 Å². The lowest BCUT2D eigenvalue weighted by Gasteiger charge is -2.13. The highest BCUT2D eigenvalue weighted by Gasteiger charge is 2.28. The first kappa shape index (κ1) is 18.9. The highest BCUT2D eigenvalue weighted by Crippen LogP contribution is 2.28. The van der Waals surface area contributed by atoms with Crippen LogP contribution in [-0.4, -0.2) is 22.8 Å². The van der Waals surface area contributed by atoms with Gasteiger partial charge in [-0.15, -0.1) is 0 Å². The zero-order valence-electron chi connectivity index (χ0n) is 14.1. The van der Waals surface area contributed by atoms with E-state index in [0.717, 1.165) is 6.92 Å². The van der Waals surface area contributed by atoms with Gasteiger partial charge in [-0.1, -0.05) is 30.3 Å². The molecule has 1 N–H and O–H groups in total. The maximum atomic E-state index is 12.4. The molecule has 0 radical (unpaired) electrons. The van der Waals surface area contributed by atoms with Gasteiger partial charge in [0.2, 0.25) is 5.75 Å². The van der Waals surface area contributed by atoms with Crippen molar-refractivity contribution >= 4 is 17.7 Å². The van der Waals surface area contributed by atoms with Crippen LogP contribution in [0.4, 0.5) is 0 Å². The van der Waals surface area contributed by atoms with E-state index < -0.39 is 41.1 Å². The molecule has 0 bridgehead atoms. The van der Waals surface area contributed by atoms with Crippen molar-refractivity contribution in [2.75, 3.05) is 0 Å². The molecule has 26 heavy (non-hydrogen) atoms. The molecule has 0 atom stereocenters. The summed E-state index contributed by atoms with van der Waals surface area (Å²) in [6, 6.07) is 8.70. The molecule has 0 saturated carbocycles. The van der Waals surface area contributed by atoms with Gasteiger partial charge in [-0.05, 0) is 12.5 Å². The van der Waals surface area contributed by atoms with E-state index in [9.17, 15) is 24.3 Å². The smallest absolute Gasteiger partial charge is 0.352 e. The van der Waals surface area contributed by atoms with Crippen LogP contribution >= 0.6 is 0 Å². The molecule has 0 aliphatic heterocycles. The molecule has 0 amide bonds. The fraction of sp³-hybridized carbons (Fsp3) is 0.222. The Morgan fingerprint density at radius 3 is 2.31 bits per heavy atom. The Hall–Kier alpha value is -3.42. The van der Waals surface area contributed by atoms with Gasteiger partial charge >= 0.3 is 17.6 Å². The van der Waals surface area contributed by atoms with Crippen LogP contribution in [0.1, 0.15) is 41.1 Å². The summed E-state index contributed by atoms with van der Waals surface area (Å²) in [5, 5.41) is 9.51. The number of carboxylic acid groups (broad SMARTS) is 1. The third kappa shape index (κ3) is 4.56. The van der Waals surface area contributed by atoms with Crippen LogP contribution in [0.2, 0.25) is 0 Å². The number of carboxylic acids is 1. The maximum Gasteiger partial charge on any atom is 0.352 e. The van der Waals surface area contributed by atoms with Gasteiger partial charge in [0.15, 0.2) is 0 Å². The summed E-state index contributed by atoms with van der Waals surface area (Å²) in [6.45, 7) is 2.27. The minimum absolute atomic E-state index is 0.0135. The molecule has 1 aromatic carbocycles. The van der Waals surface area contributed by atoms with E-state index in [1.165, 1.54) is 6.92 Å². The fourth-order valence-electron chi connectivity index (χ4n) is 2.31. The Bertz CT molecular complexity index is 895. The topological polar surface area (TPSA) is 120 Å². The second-order valence-corrected chi connectivity index (χ2v) is 5.50. The summed E-state index contributed by atoms with van der Waals surface area (Å²) in [5.74, 6) is -3.56. The molecule has 2 rings (SSSR count). The maximum absolute atomic E-state index is 12.4. The fourth-order valence-corrected chi connectivity index (χ4v) is 2.31. The molecule has 0 aliphatic carbocycles. The number of carbonyl (C=O) groups excluding carboxylic acids is 2. The number of benzene rings is 1. The Balaban J connectivity index is 2.66. The number of aromatic carboxylic acids is 1. The van der Waals surface area contributed by atoms with Gasteiger partial charge in [0.05, 0.1) is 12.0 Å². The quantitative estimate of drug-likeness (QED) is 0.587. The van der Waals surface area contributed by atoms with Crippen molar-refractivity contribution in [1.29, 1.82) is 0 Å². The summed E-state index contributed by atoms with van der Waals surface area (Å²) in [6.07, 6.45) is -0.431. The number of hydrogen-bond acceptors (Lipinski definition) is 7. The van der Waals surface area contributed by atoms with E-state index in [-0.39, 0.29) is 17.7 Å². The van der Waals surface area contributed by atoms with Crippen molar-refractivity contribution in [3.8, 4) is 5.75 Å². The molecule has 0 spiro atoms. The van der Waals surface area contributed by atoms with Crippen LogP contribution < -0.4 is 10.5 Å². The number of carbonyl (C=O) groups is 3. The lowest BCUT2D eigenvalue weighted by Crippen LogP contribution is -2.20. The lowest BCUT2D eigenvalue weighted by molar-refractivity contribution is -0.211. The molecule has 0 fully saturated rings. The summed E-state index contributed by atoms with van der Waals surface area (Å²) in [5.41, 5.74) is -0.866. The molecular weight excluding hydrogens is 344 g/mol. The molecule has 0 unspecified atom stereocenters. The van der Waals surface area contributed by atoms with Crippen molar-refractivity contribution in [3.05, 3.63) is 63.2 Å². The van der Waals surface area contributed by atoms with E-state index in [4.69, 9.17) is 9.30 Å². The number of ketones is 1. The number of rotatable bonds is 7. The highest BCUT2D eigenvalue weighted by atomic mass is 17.2. The lowest BCUT2D eigenvalue weighted by atomic mass is 10.0. The predicted molar refractivity (Wildman–Crippen MR) is 88.0 cm³/mol. The van der Waals surface area contributed by atoms with Gasteiger partial charge in [-0.3, -0.25) is 14.6 Å². The molecule has 0 aliphatic rings. The summed E-state index contributed by atoms with van der Waals surface area (Å²) < 4.78 is 5.05. The Morgan fingerprint density at radius 1 is 1.12 bits per heavy atom. The summed E-state index contributed by atoms with van der Waals surface area (Å²) >= 11 is 0. The van der Waals surface area contributed by atoms with Crippen molar-refractivity contribution in [1.82, 2.24) is 0 Å². The van der Waals surface area contributed by atoms with Crippen molar-refractivity contribution in [2.24, 2.45) is 0 Å². The molecule has 0 saturated heterocycles. The number of Topliss-reactive ketones (excluding diaryl/α,β-unsaturated/α-hetero) is 1. The van der Waals surface area contributed by atoms with Gasteiger partial charge in [-0.25, -0.2) is 14.4 Å². The average Bonchev–Trinajstić information content (AvgIpc) is 2.55. The first-order chi connectivity index (χ1) is 12.3. The standard InChI is InChI=1S/C18H16O8/c1-10(19)8-14-15(17(21)22)16(26-25-11(2)20)13(18(23)24-14)9-12-6-4-3-5-7-12/h3-7H,8-9H2,1-2H3,(H,21,22). The van der Waals surface area contributed by atoms with Crippen LogP contribution in [0.5, 0.6) is 5.75 Å². The minimum Gasteiger partial charge on any atom is -0.477 e. The Morgan fingerprint density at radius 2 is 1.77 bits per heavy atom. The third-order valence-corrected chi connectivity index (χ3v) is 3.33. The van der Waals surface area contributed by atoms with E-state index in [0.29, 0.717) is 5.56 Å². The van der Waals surface area contributed by atoms with Gasteiger partial charge in [0, 0.05) is 13.3 Å². The first-order valence-corrected chi connectivity index (χ1v) is 7.60. The second kappa shape index (κ2) is 8.11. The molecule has 8 heteroatoms.